The minimum Gasteiger partial charge on any atom is -0.377 e. The van der Waals surface area contributed by atoms with Crippen molar-refractivity contribution in [2.24, 2.45) is 0 Å². The Morgan fingerprint density at radius 1 is 1.06 bits per heavy atom. The van der Waals surface area contributed by atoms with Gasteiger partial charge in [0, 0.05) is 12.6 Å². The van der Waals surface area contributed by atoms with E-state index in [1.54, 1.807) is 0 Å². The molecule has 0 aliphatic heterocycles. The molecule has 102 valence electrons. The van der Waals surface area contributed by atoms with Crippen LogP contribution in [0.2, 0.25) is 0 Å². The van der Waals surface area contributed by atoms with E-state index in [-0.39, 0.29) is 0 Å². The van der Waals surface area contributed by atoms with Gasteiger partial charge in [0.2, 0.25) is 0 Å². The summed E-state index contributed by atoms with van der Waals surface area (Å²) in [7, 11) is 0. The van der Waals surface area contributed by atoms with Gasteiger partial charge in [-0.25, -0.2) is 0 Å². The van der Waals surface area contributed by atoms with Crippen LogP contribution < -0.4 is 5.32 Å². The van der Waals surface area contributed by atoms with Crippen molar-refractivity contribution in [2.75, 3.05) is 13.2 Å². The first kappa shape index (κ1) is 15.2. The predicted molar refractivity (Wildman–Crippen MR) is 77.9 cm³/mol. The average Bonchev–Trinajstić information content (AvgIpc) is 2.34. The van der Waals surface area contributed by atoms with Gasteiger partial charge in [0.05, 0.1) is 6.61 Å². The molecule has 1 rings (SSSR count). The molecule has 0 aliphatic rings. The van der Waals surface area contributed by atoms with Crippen molar-refractivity contribution in [1.82, 2.24) is 5.32 Å². The van der Waals surface area contributed by atoms with Gasteiger partial charge in [-0.3, -0.25) is 0 Å². The van der Waals surface area contributed by atoms with E-state index in [2.05, 4.69) is 57.3 Å². The van der Waals surface area contributed by atoms with Crippen molar-refractivity contribution in [2.45, 2.75) is 52.7 Å². The quantitative estimate of drug-likeness (QED) is 0.709. The summed E-state index contributed by atoms with van der Waals surface area (Å²) >= 11 is 0. The summed E-state index contributed by atoms with van der Waals surface area (Å²) in [5, 5.41) is 3.38. The smallest absolute Gasteiger partial charge is 0.0716 e. The fraction of sp³-hybridized carbons (Fsp3) is 0.625. The summed E-state index contributed by atoms with van der Waals surface area (Å²) in [6, 6.07) is 9.30. The molecule has 0 fully saturated rings. The Kier molecular flexibility index (Phi) is 6.99. The standard InChI is InChI=1S/C16H27NO/c1-13(2)16-8-6-15(7-9-16)12-18-11-5-10-17-14(3)4/h6-9,13-14,17H,5,10-12H2,1-4H3. The molecule has 0 unspecified atom stereocenters. The third-order valence-electron chi connectivity index (χ3n) is 2.93. The first-order chi connectivity index (χ1) is 8.59. The first-order valence-corrected chi connectivity index (χ1v) is 6.99. The predicted octanol–water partition coefficient (Wildman–Crippen LogP) is 3.71. The highest BCUT2D eigenvalue weighted by Gasteiger charge is 1.99. The van der Waals surface area contributed by atoms with Crippen LogP contribution in [-0.4, -0.2) is 19.2 Å². The third kappa shape index (κ3) is 6.18. The maximum Gasteiger partial charge on any atom is 0.0716 e. The molecule has 0 amide bonds. The second kappa shape index (κ2) is 8.28. The van der Waals surface area contributed by atoms with Crippen molar-refractivity contribution >= 4 is 0 Å². The molecule has 18 heavy (non-hydrogen) atoms. The lowest BCUT2D eigenvalue weighted by Gasteiger charge is -2.09. The molecule has 0 spiro atoms. The molecule has 0 aliphatic carbocycles. The van der Waals surface area contributed by atoms with Crippen molar-refractivity contribution in [3.8, 4) is 0 Å². The van der Waals surface area contributed by atoms with Crippen LogP contribution in [0, 0.1) is 0 Å². The molecule has 0 aromatic heterocycles. The van der Waals surface area contributed by atoms with Gasteiger partial charge in [-0.2, -0.15) is 0 Å². The highest BCUT2D eigenvalue weighted by molar-refractivity contribution is 5.24. The second-order valence-corrected chi connectivity index (χ2v) is 5.41. The Bertz CT molecular complexity index is 316. The molecule has 2 nitrogen and oxygen atoms in total. The number of hydrogen-bond acceptors (Lipinski definition) is 2. The van der Waals surface area contributed by atoms with Crippen molar-refractivity contribution < 1.29 is 4.74 Å². The molecule has 0 saturated heterocycles. The Balaban J connectivity index is 2.15. The average molecular weight is 249 g/mol. The maximum atomic E-state index is 5.66. The summed E-state index contributed by atoms with van der Waals surface area (Å²) in [4.78, 5) is 0. The zero-order valence-electron chi connectivity index (χ0n) is 12.2. The Morgan fingerprint density at radius 2 is 1.72 bits per heavy atom. The molecule has 0 atom stereocenters. The Labute approximate surface area is 112 Å². The number of benzene rings is 1. The maximum absolute atomic E-state index is 5.66. The van der Waals surface area contributed by atoms with Gasteiger partial charge in [0.1, 0.15) is 0 Å². The van der Waals surface area contributed by atoms with E-state index in [1.807, 2.05) is 0 Å². The molecule has 0 radical (unpaired) electrons. The van der Waals surface area contributed by atoms with Gasteiger partial charge >= 0.3 is 0 Å². The highest BCUT2D eigenvalue weighted by Crippen LogP contribution is 2.15. The van der Waals surface area contributed by atoms with Crippen LogP contribution in [-0.2, 0) is 11.3 Å². The van der Waals surface area contributed by atoms with Gasteiger partial charge in [-0.05, 0) is 30.0 Å². The van der Waals surface area contributed by atoms with Crippen molar-refractivity contribution in [1.29, 1.82) is 0 Å². The SMILES string of the molecule is CC(C)NCCCOCc1ccc(C(C)C)cc1. The largest absolute Gasteiger partial charge is 0.377 e. The van der Waals surface area contributed by atoms with Crippen LogP contribution in [0.1, 0.15) is 51.2 Å². The van der Waals surface area contributed by atoms with Gasteiger partial charge in [-0.15, -0.1) is 0 Å². The number of ether oxygens (including phenoxy) is 1. The number of hydrogen-bond donors (Lipinski definition) is 1. The molecule has 1 N–H and O–H groups in total. The second-order valence-electron chi connectivity index (χ2n) is 5.41. The molecular formula is C16H27NO. The van der Waals surface area contributed by atoms with Crippen LogP contribution in [0.5, 0.6) is 0 Å². The molecule has 0 saturated carbocycles. The van der Waals surface area contributed by atoms with Gasteiger partial charge < -0.3 is 10.1 Å². The van der Waals surface area contributed by atoms with Crippen LogP contribution >= 0.6 is 0 Å². The van der Waals surface area contributed by atoms with E-state index in [0.29, 0.717) is 12.0 Å². The Morgan fingerprint density at radius 3 is 2.28 bits per heavy atom. The fourth-order valence-electron chi connectivity index (χ4n) is 1.75. The minimum absolute atomic E-state index is 0.563. The minimum atomic E-state index is 0.563. The van der Waals surface area contributed by atoms with Crippen molar-refractivity contribution in [3.63, 3.8) is 0 Å². The summed E-state index contributed by atoms with van der Waals surface area (Å²) < 4.78 is 5.66. The van der Waals surface area contributed by atoms with E-state index in [9.17, 15) is 0 Å². The summed E-state index contributed by atoms with van der Waals surface area (Å²) in [6.45, 7) is 11.3. The van der Waals surface area contributed by atoms with Crippen LogP contribution in [0.4, 0.5) is 0 Å². The third-order valence-corrected chi connectivity index (χ3v) is 2.93. The lowest BCUT2D eigenvalue weighted by Crippen LogP contribution is -2.24. The van der Waals surface area contributed by atoms with Gasteiger partial charge in [0.15, 0.2) is 0 Å². The van der Waals surface area contributed by atoms with E-state index < -0.39 is 0 Å². The molecule has 0 heterocycles. The van der Waals surface area contributed by atoms with E-state index in [0.717, 1.165) is 26.2 Å². The van der Waals surface area contributed by atoms with E-state index >= 15 is 0 Å². The summed E-state index contributed by atoms with van der Waals surface area (Å²) in [5.41, 5.74) is 2.65. The number of rotatable bonds is 8. The molecule has 1 aromatic rings. The molecule has 2 heteroatoms. The van der Waals surface area contributed by atoms with Crippen LogP contribution in [0.25, 0.3) is 0 Å². The molecule has 0 bridgehead atoms. The fourth-order valence-corrected chi connectivity index (χ4v) is 1.75. The lowest BCUT2D eigenvalue weighted by molar-refractivity contribution is 0.118. The lowest BCUT2D eigenvalue weighted by atomic mass is 10.0. The van der Waals surface area contributed by atoms with E-state index in [1.165, 1.54) is 11.1 Å². The summed E-state index contributed by atoms with van der Waals surface area (Å²) in [6.07, 6.45) is 1.07. The normalized spacial score (nSPS) is 11.4. The van der Waals surface area contributed by atoms with Gasteiger partial charge in [0.25, 0.3) is 0 Å². The Hall–Kier alpha value is -0.860. The highest BCUT2D eigenvalue weighted by atomic mass is 16.5. The summed E-state index contributed by atoms with van der Waals surface area (Å²) in [5.74, 6) is 0.599. The first-order valence-electron chi connectivity index (χ1n) is 6.99. The number of nitrogens with one attached hydrogen (secondary N) is 1. The zero-order chi connectivity index (χ0) is 13.4. The molecule has 1 aromatic carbocycles. The topological polar surface area (TPSA) is 21.3 Å². The van der Waals surface area contributed by atoms with Crippen LogP contribution in [0.15, 0.2) is 24.3 Å². The van der Waals surface area contributed by atoms with Crippen LogP contribution in [0.3, 0.4) is 0 Å². The van der Waals surface area contributed by atoms with E-state index in [4.69, 9.17) is 4.74 Å². The van der Waals surface area contributed by atoms with Crippen molar-refractivity contribution in [3.05, 3.63) is 35.4 Å². The monoisotopic (exact) mass is 249 g/mol. The van der Waals surface area contributed by atoms with Gasteiger partial charge in [-0.1, -0.05) is 52.0 Å². The zero-order valence-corrected chi connectivity index (χ0v) is 12.2. The molecular weight excluding hydrogens is 222 g/mol.